The van der Waals surface area contributed by atoms with Crippen molar-refractivity contribution in [3.63, 3.8) is 0 Å². The van der Waals surface area contributed by atoms with Crippen LogP contribution in [0.2, 0.25) is 5.02 Å². The van der Waals surface area contributed by atoms with E-state index in [1.807, 2.05) is 0 Å². The van der Waals surface area contributed by atoms with Crippen LogP contribution >= 0.6 is 11.6 Å². The van der Waals surface area contributed by atoms with Crippen LogP contribution in [0.4, 0.5) is 0 Å². The zero-order valence-electron chi connectivity index (χ0n) is 10.2. The zero-order chi connectivity index (χ0) is 12.7. The van der Waals surface area contributed by atoms with E-state index in [1.54, 1.807) is 12.3 Å². The number of nitrogens with zero attached hydrogens (tertiary/aromatic N) is 2. The average molecular weight is 256 g/mol. The Morgan fingerprint density at radius 2 is 2.18 bits per heavy atom. The molecule has 5 heteroatoms. The molecule has 0 unspecified atom stereocenters. The van der Waals surface area contributed by atoms with Gasteiger partial charge < -0.3 is 10.2 Å². The lowest BCUT2D eigenvalue weighted by Gasteiger charge is -2.17. The SMILES string of the molecule is CCN(CC)CCNC(=O)c1cnccc1Cl. The lowest BCUT2D eigenvalue weighted by atomic mass is 10.2. The normalized spacial score (nSPS) is 10.6. The van der Waals surface area contributed by atoms with Crippen LogP contribution < -0.4 is 5.32 Å². The predicted molar refractivity (Wildman–Crippen MR) is 69.4 cm³/mol. The molecule has 0 aliphatic carbocycles. The maximum absolute atomic E-state index is 11.8. The van der Waals surface area contributed by atoms with Crippen molar-refractivity contribution in [2.75, 3.05) is 26.2 Å². The number of carbonyl (C=O) groups excluding carboxylic acids is 1. The summed E-state index contributed by atoms with van der Waals surface area (Å²) in [7, 11) is 0. The lowest BCUT2D eigenvalue weighted by Crippen LogP contribution is -2.34. The zero-order valence-corrected chi connectivity index (χ0v) is 11.0. The van der Waals surface area contributed by atoms with Gasteiger partial charge in [-0.1, -0.05) is 25.4 Å². The first kappa shape index (κ1) is 13.9. The highest BCUT2D eigenvalue weighted by Crippen LogP contribution is 2.12. The van der Waals surface area contributed by atoms with Gasteiger partial charge >= 0.3 is 0 Å². The summed E-state index contributed by atoms with van der Waals surface area (Å²) in [5.74, 6) is -0.171. The number of halogens is 1. The number of carbonyl (C=O) groups is 1. The molecule has 0 atom stereocenters. The molecule has 0 saturated heterocycles. The van der Waals surface area contributed by atoms with Crippen LogP contribution in [-0.4, -0.2) is 42.0 Å². The summed E-state index contributed by atoms with van der Waals surface area (Å²) in [6.07, 6.45) is 3.05. The van der Waals surface area contributed by atoms with Crippen molar-refractivity contribution < 1.29 is 4.79 Å². The van der Waals surface area contributed by atoms with Gasteiger partial charge in [-0.3, -0.25) is 9.78 Å². The Balaban J connectivity index is 2.43. The average Bonchev–Trinajstić information content (AvgIpc) is 2.35. The molecule has 1 N–H and O–H groups in total. The van der Waals surface area contributed by atoms with E-state index >= 15 is 0 Å². The van der Waals surface area contributed by atoms with E-state index in [9.17, 15) is 4.79 Å². The molecule has 1 amide bonds. The predicted octanol–water partition coefficient (Wildman–Crippen LogP) is 1.81. The van der Waals surface area contributed by atoms with Crippen molar-refractivity contribution in [2.45, 2.75) is 13.8 Å². The molecule has 0 radical (unpaired) electrons. The van der Waals surface area contributed by atoms with E-state index < -0.39 is 0 Å². The van der Waals surface area contributed by atoms with Crippen molar-refractivity contribution in [3.05, 3.63) is 29.0 Å². The molecular formula is C12H18ClN3O. The molecule has 4 nitrogen and oxygen atoms in total. The van der Waals surface area contributed by atoms with Crippen LogP contribution in [0.25, 0.3) is 0 Å². The first-order valence-corrected chi connectivity index (χ1v) is 6.16. The topological polar surface area (TPSA) is 45.2 Å². The van der Waals surface area contributed by atoms with Crippen molar-refractivity contribution in [3.8, 4) is 0 Å². The Kier molecular flexibility index (Phi) is 5.94. The summed E-state index contributed by atoms with van der Waals surface area (Å²) >= 11 is 5.90. The minimum absolute atomic E-state index is 0.171. The fraction of sp³-hybridized carbons (Fsp3) is 0.500. The van der Waals surface area contributed by atoms with Crippen molar-refractivity contribution in [2.24, 2.45) is 0 Å². The highest BCUT2D eigenvalue weighted by molar-refractivity contribution is 6.33. The van der Waals surface area contributed by atoms with Gasteiger partial charge in [-0.2, -0.15) is 0 Å². The monoisotopic (exact) mass is 255 g/mol. The fourth-order valence-corrected chi connectivity index (χ4v) is 1.70. The van der Waals surface area contributed by atoms with Crippen LogP contribution in [0.15, 0.2) is 18.5 Å². The van der Waals surface area contributed by atoms with Crippen LogP contribution in [0.1, 0.15) is 24.2 Å². The minimum atomic E-state index is -0.171. The molecule has 0 saturated carbocycles. The van der Waals surface area contributed by atoms with Gasteiger partial charge in [0.25, 0.3) is 5.91 Å². The van der Waals surface area contributed by atoms with E-state index in [0.717, 1.165) is 19.6 Å². The van der Waals surface area contributed by atoms with Gasteiger partial charge in [0.05, 0.1) is 10.6 Å². The second kappa shape index (κ2) is 7.25. The lowest BCUT2D eigenvalue weighted by molar-refractivity contribution is 0.0948. The van der Waals surface area contributed by atoms with Gasteiger partial charge in [0.1, 0.15) is 0 Å². The first-order chi connectivity index (χ1) is 8.19. The smallest absolute Gasteiger partial charge is 0.254 e. The van der Waals surface area contributed by atoms with Gasteiger partial charge in [0.15, 0.2) is 0 Å². The number of rotatable bonds is 6. The standard InChI is InChI=1S/C12H18ClN3O/c1-3-16(4-2)8-7-15-12(17)10-9-14-6-5-11(10)13/h5-6,9H,3-4,7-8H2,1-2H3,(H,15,17). The summed E-state index contributed by atoms with van der Waals surface area (Å²) in [4.78, 5) is 17.9. The van der Waals surface area contributed by atoms with Gasteiger partial charge in [0, 0.05) is 25.5 Å². The number of nitrogens with one attached hydrogen (secondary N) is 1. The quantitative estimate of drug-likeness (QED) is 0.843. The third-order valence-electron chi connectivity index (χ3n) is 2.62. The molecule has 1 heterocycles. The fourth-order valence-electron chi connectivity index (χ4n) is 1.51. The van der Waals surface area contributed by atoms with Crippen LogP contribution in [0.3, 0.4) is 0 Å². The maximum Gasteiger partial charge on any atom is 0.254 e. The number of hydrogen-bond acceptors (Lipinski definition) is 3. The van der Waals surface area contributed by atoms with Crippen LogP contribution in [0.5, 0.6) is 0 Å². The van der Waals surface area contributed by atoms with Gasteiger partial charge in [0.2, 0.25) is 0 Å². The van der Waals surface area contributed by atoms with Crippen LogP contribution in [-0.2, 0) is 0 Å². The highest BCUT2D eigenvalue weighted by Gasteiger charge is 2.09. The van der Waals surface area contributed by atoms with E-state index in [-0.39, 0.29) is 5.91 Å². The molecule has 1 aromatic heterocycles. The second-order valence-corrected chi connectivity index (χ2v) is 4.05. The molecule has 1 rings (SSSR count). The van der Waals surface area contributed by atoms with Gasteiger partial charge in [-0.15, -0.1) is 0 Å². The molecule has 17 heavy (non-hydrogen) atoms. The second-order valence-electron chi connectivity index (χ2n) is 3.64. The van der Waals surface area contributed by atoms with Crippen LogP contribution in [0, 0.1) is 0 Å². The highest BCUT2D eigenvalue weighted by atomic mass is 35.5. The Hall–Kier alpha value is -1.13. The molecule has 0 bridgehead atoms. The number of amides is 1. The number of aromatic nitrogens is 1. The van der Waals surface area contributed by atoms with Crippen molar-refractivity contribution in [1.82, 2.24) is 15.2 Å². The number of hydrogen-bond donors (Lipinski definition) is 1. The molecule has 0 aliphatic rings. The molecular weight excluding hydrogens is 238 g/mol. The Labute approximate surface area is 107 Å². The first-order valence-electron chi connectivity index (χ1n) is 5.79. The third kappa shape index (κ3) is 4.32. The van der Waals surface area contributed by atoms with Crippen molar-refractivity contribution in [1.29, 1.82) is 0 Å². The summed E-state index contributed by atoms with van der Waals surface area (Å²) < 4.78 is 0. The van der Waals surface area contributed by atoms with E-state index in [1.165, 1.54) is 6.20 Å². The molecule has 0 aromatic carbocycles. The molecule has 1 aromatic rings. The third-order valence-corrected chi connectivity index (χ3v) is 2.95. The largest absolute Gasteiger partial charge is 0.351 e. The summed E-state index contributed by atoms with van der Waals surface area (Å²) in [5.41, 5.74) is 0.425. The van der Waals surface area contributed by atoms with Crippen molar-refractivity contribution >= 4 is 17.5 Å². The molecule has 0 aliphatic heterocycles. The number of pyridine rings is 1. The summed E-state index contributed by atoms with van der Waals surface area (Å²) in [6.45, 7) is 7.63. The molecule has 0 fully saturated rings. The Bertz CT molecular complexity index is 367. The van der Waals surface area contributed by atoms with E-state index in [2.05, 4.69) is 29.0 Å². The summed E-state index contributed by atoms with van der Waals surface area (Å²) in [5, 5.41) is 3.26. The Morgan fingerprint density at radius 1 is 1.47 bits per heavy atom. The minimum Gasteiger partial charge on any atom is -0.351 e. The summed E-state index contributed by atoms with van der Waals surface area (Å²) in [6, 6.07) is 1.61. The van der Waals surface area contributed by atoms with Gasteiger partial charge in [-0.05, 0) is 19.2 Å². The van der Waals surface area contributed by atoms with E-state index in [0.29, 0.717) is 17.1 Å². The van der Waals surface area contributed by atoms with Gasteiger partial charge in [-0.25, -0.2) is 0 Å². The maximum atomic E-state index is 11.8. The molecule has 94 valence electrons. The number of likely N-dealkylation sites (N-methyl/N-ethyl adjacent to an activating group) is 1. The van der Waals surface area contributed by atoms with E-state index in [4.69, 9.17) is 11.6 Å². The molecule has 0 spiro atoms. The Morgan fingerprint density at radius 3 is 2.76 bits per heavy atom.